The third-order valence-electron chi connectivity index (χ3n) is 3.52. The smallest absolute Gasteiger partial charge is 0.319 e. The van der Waals surface area contributed by atoms with Crippen molar-refractivity contribution in [3.8, 4) is 5.75 Å². The number of para-hydroxylation sites is 1. The monoisotopic (exact) mass is 355 g/mol. The number of rotatable bonds is 7. The molecular weight excluding hydrogens is 330 g/mol. The summed E-state index contributed by atoms with van der Waals surface area (Å²) in [4.78, 5) is 24.0. The van der Waals surface area contributed by atoms with Crippen LogP contribution in [0.3, 0.4) is 0 Å². The lowest BCUT2D eigenvalue weighted by Crippen LogP contribution is -2.34. The third kappa shape index (κ3) is 5.81. The second-order valence-corrected chi connectivity index (χ2v) is 6.06. The number of amides is 3. The van der Waals surface area contributed by atoms with Crippen molar-refractivity contribution in [2.24, 2.45) is 0 Å². The van der Waals surface area contributed by atoms with Crippen LogP contribution in [0.1, 0.15) is 36.7 Å². The van der Waals surface area contributed by atoms with Crippen LogP contribution in [-0.4, -0.2) is 24.6 Å². The molecule has 0 spiro atoms. The zero-order valence-electron chi connectivity index (χ0n) is 15.3. The molecule has 0 saturated heterocycles. The maximum absolute atomic E-state index is 12.4. The van der Waals surface area contributed by atoms with Crippen LogP contribution >= 0.6 is 0 Å². The van der Waals surface area contributed by atoms with Gasteiger partial charge in [-0.2, -0.15) is 0 Å². The fraction of sp³-hybridized carbons (Fsp3) is 0.300. The van der Waals surface area contributed by atoms with Crippen molar-refractivity contribution in [3.05, 3.63) is 59.7 Å². The summed E-state index contributed by atoms with van der Waals surface area (Å²) in [5.74, 6) is 0.385. The second kappa shape index (κ2) is 9.46. The Balaban J connectivity index is 1.91. The minimum absolute atomic E-state index is 0.0732. The Bertz CT molecular complexity index is 742. The Kier molecular flexibility index (Phi) is 7.02. The summed E-state index contributed by atoms with van der Waals surface area (Å²) in [6.45, 7) is 6.57. The summed E-state index contributed by atoms with van der Waals surface area (Å²) in [6.07, 6.45) is 0. The Morgan fingerprint density at radius 3 is 2.38 bits per heavy atom. The molecule has 0 saturated carbocycles. The number of anilines is 1. The first-order valence-electron chi connectivity index (χ1n) is 8.66. The van der Waals surface area contributed by atoms with Crippen molar-refractivity contribution in [1.29, 1.82) is 0 Å². The molecule has 0 bridgehead atoms. The minimum Gasteiger partial charge on any atom is -0.493 e. The molecule has 0 unspecified atom stereocenters. The van der Waals surface area contributed by atoms with Crippen molar-refractivity contribution < 1.29 is 14.3 Å². The molecule has 0 aromatic heterocycles. The molecule has 2 aromatic carbocycles. The van der Waals surface area contributed by atoms with E-state index in [1.54, 1.807) is 30.3 Å². The highest BCUT2D eigenvalue weighted by atomic mass is 16.5. The van der Waals surface area contributed by atoms with E-state index < -0.39 is 0 Å². The average molecular weight is 355 g/mol. The number of benzene rings is 2. The largest absolute Gasteiger partial charge is 0.493 e. The topological polar surface area (TPSA) is 79.5 Å². The van der Waals surface area contributed by atoms with E-state index in [-0.39, 0.29) is 18.0 Å². The summed E-state index contributed by atoms with van der Waals surface area (Å²) >= 11 is 0. The Morgan fingerprint density at radius 2 is 1.73 bits per heavy atom. The third-order valence-corrected chi connectivity index (χ3v) is 3.52. The minimum atomic E-state index is -0.242. The SMILES string of the molecule is CCOc1ccccc1C(=O)NCc1ccc(NC(=O)NC(C)C)cc1. The van der Waals surface area contributed by atoms with Gasteiger partial charge in [0, 0.05) is 18.3 Å². The van der Waals surface area contributed by atoms with Gasteiger partial charge >= 0.3 is 6.03 Å². The molecule has 0 heterocycles. The molecule has 0 aliphatic carbocycles. The number of carbonyl (C=O) groups is 2. The molecule has 6 heteroatoms. The first kappa shape index (κ1) is 19.3. The van der Waals surface area contributed by atoms with Crippen molar-refractivity contribution in [3.63, 3.8) is 0 Å². The van der Waals surface area contributed by atoms with Gasteiger partial charge in [-0.3, -0.25) is 4.79 Å². The van der Waals surface area contributed by atoms with Gasteiger partial charge in [0.1, 0.15) is 5.75 Å². The number of hydrogen-bond donors (Lipinski definition) is 3. The Morgan fingerprint density at radius 1 is 1.04 bits per heavy atom. The zero-order valence-corrected chi connectivity index (χ0v) is 15.3. The van der Waals surface area contributed by atoms with Crippen LogP contribution in [0.5, 0.6) is 5.75 Å². The zero-order chi connectivity index (χ0) is 18.9. The second-order valence-electron chi connectivity index (χ2n) is 6.06. The van der Waals surface area contributed by atoms with Crippen molar-refractivity contribution in [2.75, 3.05) is 11.9 Å². The highest BCUT2D eigenvalue weighted by Crippen LogP contribution is 2.18. The molecule has 6 nitrogen and oxygen atoms in total. The van der Waals surface area contributed by atoms with Crippen LogP contribution < -0.4 is 20.7 Å². The number of nitrogens with one attached hydrogen (secondary N) is 3. The number of urea groups is 1. The van der Waals surface area contributed by atoms with Gasteiger partial charge in [-0.1, -0.05) is 24.3 Å². The molecule has 138 valence electrons. The number of ether oxygens (including phenoxy) is 1. The lowest BCUT2D eigenvalue weighted by molar-refractivity contribution is 0.0947. The quantitative estimate of drug-likeness (QED) is 0.711. The maximum atomic E-state index is 12.4. The van der Waals surface area contributed by atoms with Crippen LogP contribution in [0.4, 0.5) is 10.5 Å². The molecule has 2 aromatic rings. The molecule has 0 radical (unpaired) electrons. The lowest BCUT2D eigenvalue weighted by atomic mass is 10.1. The summed E-state index contributed by atoms with van der Waals surface area (Å²) < 4.78 is 5.48. The van der Waals surface area contributed by atoms with E-state index in [4.69, 9.17) is 4.74 Å². The number of carbonyl (C=O) groups excluding carboxylic acids is 2. The molecule has 26 heavy (non-hydrogen) atoms. The summed E-state index contributed by atoms with van der Waals surface area (Å²) in [6, 6.07) is 14.3. The summed E-state index contributed by atoms with van der Waals surface area (Å²) in [5, 5.41) is 8.40. The fourth-order valence-corrected chi connectivity index (χ4v) is 2.35. The standard InChI is InChI=1S/C20H25N3O3/c1-4-26-18-8-6-5-7-17(18)19(24)21-13-15-9-11-16(12-10-15)23-20(25)22-14(2)3/h5-12,14H,4,13H2,1-3H3,(H,21,24)(H2,22,23,25). The summed E-state index contributed by atoms with van der Waals surface area (Å²) in [7, 11) is 0. The van der Waals surface area contributed by atoms with E-state index in [2.05, 4.69) is 16.0 Å². The molecule has 0 aliphatic heterocycles. The van der Waals surface area contributed by atoms with Gasteiger partial charge in [0.05, 0.1) is 12.2 Å². The van der Waals surface area contributed by atoms with Crippen molar-refractivity contribution in [1.82, 2.24) is 10.6 Å². The number of hydrogen-bond acceptors (Lipinski definition) is 3. The van der Waals surface area contributed by atoms with E-state index in [0.29, 0.717) is 30.2 Å². The van der Waals surface area contributed by atoms with Crippen LogP contribution in [0, 0.1) is 0 Å². The highest BCUT2D eigenvalue weighted by Gasteiger charge is 2.11. The molecule has 3 amide bonds. The van der Waals surface area contributed by atoms with Crippen molar-refractivity contribution in [2.45, 2.75) is 33.4 Å². The fourth-order valence-electron chi connectivity index (χ4n) is 2.35. The van der Waals surface area contributed by atoms with Gasteiger partial charge in [-0.25, -0.2) is 4.79 Å². The normalized spacial score (nSPS) is 10.3. The van der Waals surface area contributed by atoms with E-state index in [9.17, 15) is 9.59 Å². The van der Waals surface area contributed by atoms with E-state index in [0.717, 1.165) is 5.56 Å². The molecular formula is C20H25N3O3. The van der Waals surface area contributed by atoms with Crippen LogP contribution in [0.15, 0.2) is 48.5 Å². The predicted molar refractivity (Wildman–Crippen MR) is 103 cm³/mol. The average Bonchev–Trinajstić information content (AvgIpc) is 2.61. The van der Waals surface area contributed by atoms with Gasteiger partial charge in [0.2, 0.25) is 0 Å². The van der Waals surface area contributed by atoms with Gasteiger partial charge in [-0.05, 0) is 50.6 Å². The van der Waals surface area contributed by atoms with Gasteiger partial charge < -0.3 is 20.7 Å². The van der Waals surface area contributed by atoms with Gasteiger partial charge in [0.15, 0.2) is 0 Å². The van der Waals surface area contributed by atoms with E-state index >= 15 is 0 Å². The van der Waals surface area contributed by atoms with Crippen molar-refractivity contribution >= 4 is 17.6 Å². The van der Waals surface area contributed by atoms with Crippen LogP contribution in [0.2, 0.25) is 0 Å². The summed E-state index contributed by atoms with van der Waals surface area (Å²) in [5.41, 5.74) is 2.14. The van der Waals surface area contributed by atoms with E-state index in [1.165, 1.54) is 0 Å². The van der Waals surface area contributed by atoms with E-state index in [1.807, 2.05) is 39.0 Å². The molecule has 0 aliphatic rings. The van der Waals surface area contributed by atoms with Gasteiger partial charge in [0.25, 0.3) is 5.91 Å². The highest BCUT2D eigenvalue weighted by molar-refractivity contribution is 5.96. The van der Waals surface area contributed by atoms with Crippen LogP contribution in [0.25, 0.3) is 0 Å². The van der Waals surface area contributed by atoms with Crippen LogP contribution in [-0.2, 0) is 6.54 Å². The molecule has 2 rings (SSSR count). The molecule has 3 N–H and O–H groups in total. The first-order valence-corrected chi connectivity index (χ1v) is 8.66. The Labute approximate surface area is 153 Å². The van der Waals surface area contributed by atoms with Gasteiger partial charge in [-0.15, -0.1) is 0 Å². The lowest BCUT2D eigenvalue weighted by Gasteiger charge is -2.12. The predicted octanol–water partition coefficient (Wildman–Crippen LogP) is 3.55. The maximum Gasteiger partial charge on any atom is 0.319 e. The molecule has 0 atom stereocenters. The Hall–Kier alpha value is -3.02. The molecule has 0 fully saturated rings. The first-order chi connectivity index (χ1) is 12.5.